The van der Waals surface area contributed by atoms with E-state index in [4.69, 9.17) is 4.65 Å². The van der Waals surface area contributed by atoms with E-state index in [1.807, 2.05) is 32.0 Å². The lowest BCUT2D eigenvalue weighted by Crippen LogP contribution is -2.50. The maximum Gasteiger partial charge on any atom is 0.400 e. The minimum atomic E-state index is -0.165. The molecule has 1 saturated heterocycles. The summed E-state index contributed by atoms with van der Waals surface area (Å²) in [6.45, 7) is 9.40. The van der Waals surface area contributed by atoms with Gasteiger partial charge in [-0.05, 0) is 39.8 Å². The van der Waals surface area contributed by atoms with Crippen LogP contribution < -0.4 is 0 Å². The second-order valence-corrected chi connectivity index (χ2v) is 5.24. The van der Waals surface area contributed by atoms with Crippen LogP contribution in [0.15, 0.2) is 24.4 Å². The molecule has 0 aromatic carbocycles. The molecule has 0 N–H and O–H groups in total. The molecule has 2 heterocycles. The highest BCUT2D eigenvalue weighted by molar-refractivity contribution is 6.25. The molecule has 0 spiro atoms. The van der Waals surface area contributed by atoms with Gasteiger partial charge in [0.25, 0.3) is 0 Å². The third kappa shape index (κ3) is 1.87. The van der Waals surface area contributed by atoms with Crippen LogP contribution in [0.2, 0.25) is 0 Å². The molecule has 1 aliphatic heterocycles. The molecule has 3 nitrogen and oxygen atoms in total. The number of nitrogens with zero attached hydrogens (tertiary/aromatic N) is 2. The van der Waals surface area contributed by atoms with Gasteiger partial charge in [-0.25, -0.2) is 0 Å². The van der Waals surface area contributed by atoms with Crippen molar-refractivity contribution in [2.24, 2.45) is 0 Å². The fourth-order valence-electron chi connectivity index (χ4n) is 1.72. The van der Waals surface area contributed by atoms with Crippen molar-refractivity contribution >= 4 is 7.62 Å². The van der Waals surface area contributed by atoms with E-state index in [0.717, 1.165) is 12.2 Å². The molecule has 0 saturated carbocycles. The van der Waals surface area contributed by atoms with E-state index in [0.29, 0.717) is 0 Å². The molecule has 1 aromatic rings. The monoisotopic (exact) mass is 217 g/mol. The van der Waals surface area contributed by atoms with Crippen LogP contribution in [0.3, 0.4) is 0 Å². The van der Waals surface area contributed by atoms with Crippen LogP contribution in [0, 0.1) is 0 Å². The highest BCUT2D eigenvalue weighted by atomic mass is 16.5. The normalized spacial score (nSPS) is 23.0. The molecule has 1 radical (unpaired) electrons. The summed E-state index contributed by atoms with van der Waals surface area (Å²) in [7, 11) is 1.83. The molecular weight excluding hydrogens is 199 g/mol. The first kappa shape index (κ1) is 11.6. The lowest BCUT2D eigenvalue weighted by atomic mass is 9.84. The first-order chi connectivity index (χ1) is 7.43. The molecule has 1 aliphatic rings. The van der Waals surface area contributed by atoms with E-state index < -0.39 is 0 Å². The number of pyridine rings is 1. The fourth-order valence-corrected chi connectivity index (χ4v) is 1.72. The van der Waals surface area contributed by atoms with Gasteiger partial charge in [-0.2, -0.15) is 0 Å². The zero-order chi connectivity index (χ0) is 11.8. The summed E-state index contributed by atoms with van der Waals surface area (Å²) >= 11 is 0. The Balaban J connectivity index is 2.13. The third-order valence-electron chi connectivity index (χ3n) is 3.72. The molecule has 1 aromatic heterocycles. The topological polar surface area (TPSA) is 25.4 Å². The van der Waals surface area contributed by atoms with Crippen LogP contribution in [0.4, 0.5) is 0 Å². The third-order valence-corrected chi connectivity index (χ3v) is 3.72. The van der Waals surface area contributed by atoms with Crippen molar-refractivity contribution in [1.29, 1.82) is 0 Å². The van der Waals surface area contributed by atoms with E-state index in [1.54, 1.807) is 0 Å². The lowest BCUT2D eigenvalue weighted by molar-refractivity contribution is 0.0436. The SMILES string of the molecule is CC1(C)O[B]N(Cc2ccccn2)C1(C)C. The van der Waals surface area contributed by atoms with Gasteiger partial charge in [0.05, 0.1) is 11.3 Å². The first-order valence-corrected chi connectivity index (χ1v) is 5.61. The van der Waals surface area contributed by atoms with Gasteiger partial charge in [-0.3, -0.25) is 4.98 Å². The summed E-state index contributed by atoms with van der Waals surface area (Å²) in [6.07, 6.45) is 1.82. The van der Waals surface area contributed by atoms with E-state index >= 15 is 0 Å². The van der Waals surface area contributed by atoms with Crippen molar-refractivity contribution in [3.05, 3.63) is 30.1 Å². The molecule has 0 atom stereocenters. The maximum absolute atomic E-state index is 5.71. The molecule has 0 aliphatic carbocycles. The summed E-state index contributed by atoms with van der Waals surface area (Å²) in [6, 6.07) is 5.98. The number of aromatic nitrogens is 1. The zero-order valence-corrected chi connectivity index (χ0v) is 10.4. The Labute approximate surface area is 98.1 Å². The number of hydrogen-bond acceptors (Lipinski definition) is 3. The maximum atomic E-state index is 5.71. The molecule has 85 valence electrons. The highest BCUT2D eigenvalue weighted by Gasteiger charge is 2.48. The second kappa shape index (κ2) is 3.86. The number of hydrogen-bond donors (Lipinski definition) is 0. The van der Waals surface area contributed by atoms with Crippen LogP contribution in [-0.4, -0.2) is 28.6 Å². The van der Waals surface area contributed by atoms with Gasteiger partial charge in [0, 0.05) is 18.3 Å². The van der Waals surface area contributed by atoms with Gasteiger partial charge in [0.2, 0.25) is 0 Å². The average molecular weight is 217 g/mol. The van der Waals surface area contributed by atoms with Gasteiger partial charge in [0.1, 0.15) is 0 Å². The van der Waals surface area contributed by atoms with E-state index in [-0.39, 0.29) is 11.1 Å². The minimum Gasteiger partial charge on any atom is -0.417 e. The summed E-state index contributed by atoms with van der Waals surface area (Å²) in [5.41, 5.74) is 0.875. The highest BCUT2D eigenvalue weighted by Crippen LogP contribution is 2.36. The zero-order valence-electron chi connectivity index (χ0n) is 10.4. The van der Waals surface area contributed by atoms with Crippen molar-refractivity contribution in [1.82, 2.24) is 9.79 Å². The van der Waals surface area contributed by atoms with Gasteiger partial charge >= 0.3 is 7.62 Å². The van der Waals surface area contributed by atoms with E-state index in [9.17, 15) is 0 Å². The second-order valence-electron chi connectivity index (χ2n) is 5.24. The first-order valence-electron chi connectivity index (χ1n) is 5.61. The van der Waals surface area contributed by atoms with Crippen molar-refractivity contribution < 1.29 is 4.65 Å². The van der Waals surface area contributed by atoms with Crippen LogP contribution >= 0.6 is 0 Å². The largest absolute Gasteiger partial charge is 0.417 e. The lowest BCUT2D eigenvalue weighted by Gasteiger charge is -2.39. The Morgan fingerprint density at radius 3 is 2.56 bits per heavy atom. The Morgan fingerprint density at radius 2 is 2.06 bits per heavy atom. The van der Waals surface area contributed by atoms with Gasteiger partial charge in [0.15, 0.2) is 0 Å². The van der Waals surface area contributed by atoms with Gasteiger partial charge < -0.3 is 9.47 Å². The molecule has 4 heteroatoms. The molecule has 2 rings (SSSR count). The minimum absolute atomic E-state index is 0.0233. The van der Waals surface area contributed by atoms with E-state index in [2.05, 4.69) is 37.5 Å². The van der Waals surface area contributed by atoms with Crippen molar-refractivity contribution in [3.63, 3.8) is 0 Å². The summed E-state index contributed by atoms with van der Waals surface area (Å²) in [5, 5.41) is 0. The van der Waals surface area contributed by atoms with Crippen molar-refractivity contribution in [3.8, 4) is 0 Å². The smallest absolute Gasteiger partial charge is 0.400 e. The van der Waals surface area contributed by atoms with Crippen LogP contribution in [0.25, 0.3) is 0 Å². The van der Waals surface area contributed by atoms with Gasteiger partial charge in [-0.1, -0.05) is 6.07 Å². The van der Waals surface area contributed by atoms with Crippen molar-refractivity contribution in [2.75, 3.05) is 0 Å². The Morgan fingerprint density at radius 1 is 1.31 bits per heavy atom. The number of rotatable bonds is 2. The summed E-state index contributed by atoms with van der Waals surface area (Å²) in [5.74, 6) is 0. The van der Waals surface area contributed by atoms with Crippen LogP contribution in [0.1, 0.15) is 33.4 Å². The fraction of sp³-hybridized carbons (Fsp3) is 0.583. The molecule has 0 amide bonds. The standard InChI is InChI=1S/C12H18BN2O/c1-11(2)12(3,4)16-13-15(11)9-10-7-5-6-8-14-10/h5-8H,9H2,1-4H3. The Hall–Kier alpha value is -0.865. The van der Waals surface area contributed by atoms with E-state index in [1.165, 1.54) is 0 Å². The molecule has 16 heavy (non-hydrogen) atoms. The quantitative estimate of drug-likeness (QED) is 0.708. The average Bonchev–Trinajstić information content (AvgIpc) is 2.43. The van der Waals surface area contributed by atoms with Crippen molar-refractivity contribution in [2.45, 2.75) is 45.4 Å². The van der Waals surface area contributed by atoms with Crippen LogP contribution in [-0.2, 0) is 11.2 Å². The molecular formula is C12H18BN2O. The Bertz CT molecular complexity index is 365. The molecule has 0 unspecified atom stereocenters. The predicted octanol–water partition coefficient (Wildman–Crippen LogP) is 2.01. The Kier molecular flexibility index (Phi) is 2.80. The van der Waals surface area contributed by atoms with Crippen LogP contribution in [0.5, 0.6) is 0 Å². The summed E-state index contributed by atoms with van der Waals surface area (Å²) < 4.78 is 5.71. The van der Waals surface area contributed by atoms with Gasteiger partial charge in [-0.15, -0.1) is 0 Å². The predicted molar refractivity (Wildman–Crippen MR) is 64.8 cm³/mol. The molecule has 0 bridgehead atoms. The molecule has 1 fully saturated rings. The summed E-state index contributed by atoms with van der Waals surface area (Å²) in [4.78, 5) is 6.54.